The molecule has 1 aromatic carbocycles. The molecular weight excluding hydrogens is 301 g/mol. The number of aryl methyl sites for hydroxylation is 1. The fraction of sp³-hybridized carbons (Fsp3) is 0.579. The van der Waals surface area contributed by atoms with Gasteiger partial charge >= 0.3 is 6.36 Å². The normalized spacial score (nSPS) is 17.9. The lowest BCUT2D eigenvalue weighted by molar-refractivity contribution is -0.324. The summed E-state index contributed by atoms with van der Waals surface area (Å²) >= 11 is 0. The Morgan fingerprint density at radius 2 is 1.78 bits per heavy atom. The molecule has 0 unspecified atom stereocenters. The number of allylic oxidation sites excluding steroid dienone is 1. The van der Waals surface area contributed by atoms with Crippen LogP contribution < -0.4 is 0 Å². The molecule has 0 spiro atoms. The van der Waals surface area contributed by atoms with Gasteiger partial charge in [-0.05, 0) is 43.2 Å². The third kappa shape index (κ3) is 5.10. The van der Waals surface area contributed by atoms with Gasteiger partial charge in [-0.1, -0.05) is 49.6 Å². The highest BCUT2D eigenvalue weighted by molar-refractivity contribution is 5.38. The Hall–Kier alpha value is -1.29. The molecular formula is C19H25F3O. The summed E-state index contributed by atoms with van der Waals surface area (Å²) in [5.41, 5.74) is 2.59. The minimum atomic E-state index is -4.52. The SMILES string of the molecule is C=CC1(c2ccccc2CCCCOC(F)(F)F)CCCCC1. The zero-order chi connectivity index (χ0) is 16.8. The second-order valence-electron chi connectivity index (χ2n) is 6.33. The molecule has 1 aliphatic rings. The molecule has 4 heteroatoms. The van der Waals surface area contributed by atoms with E-state index < -0.39 is 6.36 Å². The van der Waals surface area contributed by atoms with E-state index in [-0.39, 0.29) is 12.0 Å². The van der Waals surface area contributed by atoms with Gasteiger partial charge in [0.1, 0.15) is 0 Å². The standard InChI is InChI=1S/C19H25F3O/c1-2-18(13-7-3-8-14-18)17-12-5-4-10-16(17)11-6-9-15-23-19(20,21)22/h2,4-5,10,12H,1,3,6-9,11,13-15H2. The van der Waals surface area contributed by atoms with Crippen molar-refractivity contribution < 1.29 is 17.9 Å². The van der Waals surface area contributed by atoms with Crippen molar-refractivity contribution in [1.29, 1.82) is 0 Å². The van der Waals surface area contributed by atoms with Gasteiger partial charge in [0.25, 0.3) is 0 Å². The van der Waals surface area contributed by atoms with Gasteiger partial charge in [-0.25, -0.2) is 0 Å². The van der Waals surface area contributed by atoms with Crippen molar-refractivity contribution in [3.05, 3.63) is 48.0 Å². The van der Waals surface area contributed by atoms with E-state index in [1.807, 2.05) is 12.1 Å². The van der Waals surface area contributed by atoms with E-state index in [0.717, 1.165) is 19.3 Å². The molecule has 23 heavy (non-hydrogen) atoms. The van der Waals surface area contributed by atoms with E-state index in [2.05, 4.69) is 29.5 Å². The molecule has 1 fully saturated rings. The first kappa shape index (κ1) is 18.1. The van der Waals surface area contributed by atoms with Gasteiger partial charge in [0.05, 0.1) is 6.61 Å². The Balaban J connectivity index is 1.99. The average molecular weight is 326 g/mol. The van der Waals surface area contributed by atoms with Crippen LogP contribution >= 0.6 is 0 Å². The minimum Gasteiger partial charge on any atom is -0.292 e. The van der Waals surface area contributed by atoms with E-state index >= 15 is 0 Å². The van der Waals surface area contributed by atoms with Crippen LogP contribution in [0.25, 0.3) is 0 Å². The predicted octanol–water partition coefficient (Wildman–Crippen LogP) is 5.93. The van der Waals surface area contributed by atoms with Crippen molar-refractivity contribution in [2.24, 2.45) is 0 Å². The number of unbranched alkanes of at least 4 members (excludes halogenated alkanes) is 1. The smallest absolute Gasteiger partial charge is 0.292 e. The number of hydrogen-bond acceptors (Lipinski definition) is 1. The number of hydrogen-bond donors (Lipinski definition) is 0. The van der Waals surface area contributed by atoms with Crippen LogP contribution in [0.2, 0.25) is 0 Å². The Labute approximate surface area is 136 Å². The maximum absolute atomic E-state index is 12.0. The molecule has 1 saturated carbocycles. The van der Waals surface area contributed by atoms with Crippen LogP contribution in [-0.4, -0.2) is 13.0 Å². The summed E-state index contributed by atoms with van der Waals surface area (Å²) in [5, 5.41) is 0. The summed E-state index contributed by atoms with van der Waals surface area (Å²) in [6.45, 7) is 3.80. The van der Waals surface area contributed by atoms with E-state index in [0.29, 0.717) is 12.8 Å². The van der Waals surface area contributed by atoms with Crippen LogP contribution in [0.3, 0.4) is 0 Å². The van der Waals surface area contributed by atoms with Crippen molar-refractivity contribution >= 4 is 0 Å². The number of benzene rings is 1. The molecule has 128 valence electrons. The third-order valence-corrected chi connectivity index (χ3v) is 4.80. The molecule has 0 aromatic heterocycles. The van der Waals surface area contributed by atoms with Gasteiger partial charge in [0.15, 0.2) is 0 Å². The summed E-state index contributed by atoms with van der Waals surface area (Å²) in [7, 11) is 0. The first-order chi connectivity index (χ1) is 11.0. The monoisotopic (exact) mass is 326 g/mol. The number of rotatable bonds is 7. The van der Waals surface area contributed by atoms with E-state index in [9.17, 15) is 13.2 Å². The van der Waals surface area contributed by atoms with Gasteiger partial charge < -0.3 is 0 Å². The van der Waals surface area contributed by atoms with Crippen LogP contribution in [0.4, 0.5) is 13.2 Å². The predicted molar refractivity (Wildman–Crippen MR) is 86.3 cm³/mol. The van der Waals surface area contributed by atoms with Crippen LogP contribution in [0.15, 0.2) is 36.9 Å². The summed E-state index contributed by atoms with van der Waals surface area (Å²) in [4.78, 5) is 0. The zero-order valence-corrected chi connectivity index (χ0v) is 13.5. The third-order valence-electron chi connectivity index (χ3n) is 4.80. The van der Waals surface area contributed by atoms with Gasteiger partial charge in [-0.2, -0.15) is 0 Å². The first-order valence-corrected chi connectivity index (χ1v) is 8.39. The molecule has 1 aromatic rings. The van der Waals surface area contributed by atoms with Crippen molar-refractivity contribution in [2.75, 3.05) is 6.61 Å². The lowest BCUT2D eigenvalue weighted by Crippen LogP contribution is -2.27. The Bertz CT molecular complexity index is 502. The molecule has 0 atom stereocenters. The van der Waals surface area contributed by atoms with Crippen molar-refractivity contribution in [3.8, 4) is 0 Å². The van der Waals surface area contributed by atoms with Crippen LogP contribution in [0, 0.1) is 0 Å². The molecule has 0 bridgehead atoms. The molecule has 0 N–H and O–H groups in total. The van der Waals surface area contributed by atoms with Gasteiger partial charge in [0.2, 0.25) is 0 Å². The maximum Gasteiger partial charge on any atom is 0.522 e. The molecule has 0 heterocycles. The van der Waals surface area contributed by atoms with E-state index in [1.54, 1.807) is 0 Å². The molecule has 0 amide bonds. The molecule has 0 radical (unpaired) electrons. The molecule has 0 saturated heterocycles. The lowest BCUT2D eigenvalue weighted by Gasteiger charge is -2.36. The largest absolute Gasteiger partial charge is 0.522 e. The average Bonchev–Trinajstić information content (AvgIpc) is 2.54. The first-order valence-electron chi connectivity index (χ1n) is 8.39. The second kappa shape index (κ2) is 8.00. The molecule has 2 rings (SSSR count). The highest BCUT2D eigenvalue weighted by Gasteiger charge is 2.32. The topological polar surface area (TPSA) is 9.23 Å². The summed E-state index contributed by atoms with van der Waals surface area (Å²) in [6, 6.07) is 8.31. The van der Waals surface area contributed by atoms with Crippen molar-refractivity contribution in [2.45, 2.75) is 63.1 Å². The molecule has 1 nitrogen and oxygen atoms in total. The molecule has 1 aliphatic carbocycles. The zero-order valence-electron chi connectivity index (χ0n) is 13.5. The summed E-state index contributed by atoms with van der Waals surface area (Å²) < 4.78 is 39.8. The van der Waals surface area contributed by atoms with E-state index in [1.165, 1.54) is 30.4 Å². The molecule has 0 aliphatic heterocycles. The number of ether oxygens (including phenoxy) is 1. The van der Waals surface area contributed by atoms with Gasteiger partial charge in [-0.15, -0.1) is 19.8 Å². The highest BCUT2D eigenvalue weighted by Crippen LogP contribution is 2.42. The summed E-state index contributed by atoms with van der Waals surface area (Å²) in [6.07, 6.45) is 5.37. The lowest BCUT2D eigenvalue weighted by atomic mass is 9.68. The Morgan fingerprint density at radius 1 is 1.09 bits per heavy atom. The maximum atomic E-state index is 12.0. The van der Waals surface area contributed by atoms with Crippen LogP contribution in [0.1, 0.15) is 56.1 Å². The van der Waals surface area contributed by atoms with Gasteiger partial charge in [0, 0.05) is 5.41 Å². The quantitative estimate of drug-likeness (QED) is 0.445. The Kier molecular flexibility index (Phi) is 6.28. The van der Waals surface area contributed by atoms with E-state index in [4.69, 9.17) is 0 Å². The fourth-order valence-electron chi connectivity index (χ4n) is 3.60. The highest BCUT2D eigenvalue weighted by atomic mass is 19.4. The minimum absolute atomic E-state index is 0.0390. The van der Waals surface area contributed by atoms with Crippen LogP contribution in [0.5, 0.6) is 0 Å². The van der Waals surface area contributed by atoms with Crippen molar-refractivity contribution in [1.82, 2.24) is 0 Å². The van der Waals surface area contributed by atoms with Crippen molar-refractivity contribution in [3.63, 3.8) is 0 Å². The number of halogens is 3. The number of alkyl halides is 3. The van der Waals surface area contributed by atoms with Crippen LogP contribution in [-0.2, 0) is 16.6 Å². The second-order valence-corrected chi connectivity index (χ2v) is 6.33. The summed E-state index contributed by atoms with van der Waals surface area (Å²) in [5.74, 6) is 0. The van der Waals surface area contributed by atoms with Gasteiger partial charge in [-0.3, -0.25) is 4.74 Å². The fourth-order valence-corrected chi connectivity index (χ4v) is 3.60. The Morgan fingerprint density at radius 3 is 2.43 bits per heavy atom.